The molecule has 0 aliphatic carbocycles. The Kier molecular flexibility index (Phi) is 7.50. The molecule has 3 N–H and O–H groups in total. The predicted octanol–water partition coefficient (Wildman–Crippen LogP) is 4.76. The number of imidazole rings is 2. The monoisotopic (exact) mass is 552 g/mol. The van der Waals surface area contributed by atoms with Gasteiger partial charge in [-0.1, -0.05) is 25.7 Å². The molecular weight excluding hydrogens is 516 g/mol. The molecule has 2 aliphatic rings. The Morgan fingerprint density at radius 3 is 2.24 bits per heavy atom. The van der Waals surface area contributed by atoms with Gasteiger partial charge in [0.1, 0.15) is 11.6 Å². The van der Waals surface area contributed by atoms with Gasteiger partial charge in [0.2, 0.25) is 5.91 Å². The van der Waals surface area contributed by atoms with Gasteiger partial charge in [-0.3, -0.25) is 9.59 Å². The number of carbonyl (C=O) groups is 2. The normalized spacial score (nSPS) is 19.6. The van der Waals surface area contributed by atoms with Gasteiger partial charge in [0.15, 0.2) is 0 Å². The molecule has 9 heteroatoms. The average molecular weight is 553 g/mol. The van der Waals surface area contributed by atoms with Gasteiger partial charge in [0.25, 0.3) is 0 Å². The van der Waals surface area contributed by atoms with Crippen molar-refractivity contribution in [3.63, 3.8) is 0 Å². The summed E-state index contributed by atoms with van der Waals surface area (Å²) in [6, 6.07) is 12.2. The van der Waals surface area contributed by atoms with Crippen LogP contribution in [0.5, 0.6) is 0 Å². The van der Waals surface area contributed by atoms with Crippen LogP contribution in [-0.2, 0) is 14.3 Å². The molecule has 0 radical (unpaired) electrons. The summed E-state index contributed by atoms with van der Waals surface area (Å²) in [5, 5.41) is 3.49. The molecule has 3 atom stereocenters. The van der Waals surface area contributed by atoms with E-state index >= 15 is 0 Å². The van der Waals surface area contributed by atoms with Crippen molar-refractivity contribution in [1.29, 1.82) is 0 Å². The number of nitrogens with zero attached hydrogens (tertiary/aromatic N) is 3. The molecule has 4 heterocycles. The molecule has 2 aromatic heterocycles. The fraction of sp³-hybridized carbons (Fsp3) is 0.438. The molecule has 4 aromatic rings. The van der Waals surface area contributed by atoms with Crippen molar-refractivity contribution < 1.29 is 14.3 Å². The molecule has 2 saturated heterocycles. The van der Waals surface area contributed by atoms with Crippen molar-refractivity contribution >= 4 is 33.9 Å². The SMILES string of the molecule is COC(=O)C[C@H](C(=O)N1CCC[C@H]1c1nc2ccc(C#Cc3ccc4nc([C@@H]5CCCN5)[nH]c4c3)cc2[nH]1)C(C)C. The van der Waals surface area contributed by atoms with E-state index in [0.717, 1.165) is 70.6 Å². The van der Waals surface area contributed by atoms with Crippen molar-refractivity contribution in [3.05, 3.63) is 59.2 Å². The first-order valence-electron chi connectivity index (χ1n) is 14.5. The van der Waals surface area contributed by atoms with Gasteiger partial charge in [-0.05, 0) is 74.5 Å². The molecule has 0 bridgehead atoms. The third-order valence-corrected chi connectivity index (χ3v) is 8.33. The third kappa shape index (κ3) is 5.57. The molecule has 9 nitrogen and oxygen atoms in total. The first kappa shape index (κ1) is 27.0. The highest BCUT2D eigenvalue weighted by Gasteiger charge is 2.37. The number of rotatable bonds is 6. The molecule has 0 saturated carbocycles. The van der Waals surface area contributed by atoms with Crippen LogP contribution in [0.15, 0.2) is 36.4 Å². The average Bonchev–Trinajstić information content (AvgIpc) is 3.78. The smallest absolute Gasteiger partial charge is 0.306 e. The van der Waals surface area contributed by atoms with Crippen molar-refractivity contribution in [2.75, 3.05) is 20.2 Å². The molecule has 212 valence electrons. The fourth-order valence-electron chi connectivity index (χ4n) is 6.00. The van der Waals surface area contributed by atoms with Crippen molar-refractivity contribution in [2.45, 2.75) is 58.0 Å². The molecule has 1 amide bonds. The van der Waals surface area contributed by atoms with E-state index < -0.39 is 5.92 Å². The van der Waals surface area contributed by atoms with Crippen LogP contribution in [0.2, 0.25) is 0 Å². The Labute approximate surface area is 239 Å². The molecule has 41 heavy (non-hydrogen) atoms. The lowest BCUT2D eigenvalue weighted by molar-refractivity contribution is -0.148. The van der Waals surface area contributed by atoms with Crippen molar-refractivity contribution in [1.82, 2.24) is 30.2 Å². The topological polar surface area (TPSA) is 116 Å². The van der Waals surface area contributed by atoms with Gasteiger partial charge in [-0.15, -0.1) is 0 Å². The van der Waals surface area contributed by atoms with E-state index in [0.29, 0.717) is 12.6 Å². The van der Waals surface area contributed by atoms with E-state index in [1.807, 2.05) is 49.1 Å². The summed E-state index contributed by atoms with van der Waals surface area (Å²) in [7, 11) is 1.36. The zero-order valence-corrected chi connectivity index (χ0v) is 23.8. The number of aromatic nitrogens is 4. The number of H-pyrrole nitrogens is 2. The van der Waals surface area contributed by atoms with E-state index in [1.54, 1.807) is 0 Å². The molecule has 2 aromatic carbocycles. The van der Waals surface area contributed by atoms with Gasteiger partial charge >= 0.3 is 5.97 Å². The number of carbonyl (C=O) groups excluding carboxylic acids is 2. The maximum Gasteiger partial charge on any atom is 0.306 e. The number of hydrogen-bond donors (Lipinski definition) is 3. The summed E-state index contributed by atoms with van der Waals surface area (Å²) in [6.07, 6.45) is 4.09. The van der Waals surface area contributed by atoms with Crippen LogP contribution in [0.3, 0.4) is 0 Å². The summed E-state index contributed by atoms with van der Waals surface area (Å²) >= 11 is 0. The van der Waals surface area contributed by atoms with E-state index in [2.05, 4.69) is 33.2 Å². The Hall–Kier alpha value is -4.16. The standard InChI is InChI=1S/C32H36N6O3/c1-19(2)22(18-29(39)41-3)32(40)38-15-5-7-28(38)31-35-24-13-11-21(17-27(24)37-31)9-8-20-10-12-23-26(16-20)36-30(34-23)25-6-4-14-33-25/h10-13,16-17,19,22,25,28,33H,4-7,14-15,18H2,1-3H3,(H,34,36)(H,35,37)/t22-,25-,28-/m0/s1. The van der Waals surface area contributed by atoms with Crippen molar-refractivity contribution in [2.24, 2.45) is 11.8 Å². The number of likely N-dealkylation sites (tertiary alicyclic amines) is 1. The number of nitrogens with one attached hydrogen (secondary N) is 3. The molecule has 6 rings (SSSR count). The fourth-order valence-corrected chi connectivity index (χ4v) is 6.00. The largest absolute Gasteiger partial charge is 0.469 e. The molecular formula is C32H36N6O3. The van der Waals surface area contributed by atoms with Crippen LogP contribution in [0.1, 0.15) is 80.8 Å². The summed E-state index contributed by atoms with van der Waals surface area (Å²) in [5.41, 5.74) is 5.48. The van der Waals surface area contributed by atoms with Gasteiger partial charge in [0, 0.05) is 17.7 Å². The number of amides is 1. The summed E-state index contributed by atoms with van der Waals surface area (Å²) in [4.78, 5) is 43.9. The third-order valence-electron chi connectivity index (χ3n) is 8.33. The quantitative estimate of drug-likeness (QED) is 0.235. The molecule has 0 unspecified atom stereocenters. The number of fused-ring (bicyclic) bond motifs is 2. The van der Waals surface area contributed by atoms with Crippen LogP contribution in [0.25, 0.3) is 22.1 Å². The van der Waals surface area contributed by atoms with Crippen LogP contribution >= 0.6 is 0 Å². The highest BCUT2D eigenvalue weighted by molar-refractivity contribution is 5.85. The van der Waals surface area contributed by atoms with E-state index in [1.165, 1.54) is 13.5 Å². The zero-order chi connectivity index (χ0) is 28.5. The second-order valence-corrected chi connectivity index (χ2v) is 11.4. The van der Waals surface area contributed by atoms with Gasteiger partial charge in [0.05, 0.1) is 53.6 Å². The Morgan fingerprint density at radius 2 is 1.63 bits per heavy atom. The van der Waals surface area contributed by atoms with E-state index in [-0.39, 0.29) is 30.3 Å². The summed E-state index contributed by atoms with van der Waals surface area (Å²) < 4.78 is 4.85. The Bertz CT molecular complexity index is 1650. The second-order valence-electron chi connectivity index (χ2n) is 11.4. The van der Waals surface area contributed by atoms with Gasteiger partial charge in [-0.2, -0.15) is 0 Å². The number of ether oxygens (including phenoxy) is 1. The van der Waals surface area contributed by atoms with Crippen LogP contribution in [-0.4, -0.2) is 56.9 Å². The van der Waals surface area contributed by atoms with Crippen LogP contribution < -0.4 is 5.32 Å². The number of methoxy groups -OCH3 is 1. The minimum Gasteiger partial charge on any atom is -0.469 e. The minimum absolute atomic E-state index is 0.0132. The first-order chi connectivity index (χ1) is 19.9. The number of aromatic amines is 2. The Balaban J connectivity index is 1.20. The molecule has 0 spiro atoms. The molecule has 2 aliphatic heterocycles. The minimum atomic E-state index is -0.416. The maximum absolute atomic E-state index is 13.5. The van der Waals surface area contributed by atoms with Crippen LogP contribution in [0, 0.1) is 23.7 Å². The lowest BCUT2D eigenvalue weighted by Crippen LogP contribution is -2.39. The number of esters is 1. The predicted molar refractivity (Wildman–Crippen MR) is 157 cm³/mol. The summed E-state index contributed by atoms with van der Waals surface area (Å²) in [6.45, 7) is 5.63. The molecule has 2 fully saturated rings. The number of hydrogen-bond acceptors (Lipinski definition) is 6. The van der Waals surface area contributed by atoms with Crippen LogP contribution in [0.4, 0.5) is 0 Å². The van der Waals surface area contributed by atoms with Crippen molar-refractivity contribution in [3.8, 4) is 11.8 Å². The highest BCUT2D eigenvalue weighted by atomic mass is 16.5. The maximum atomic E-state index is 13.5. The summed E-state index contributed by atoms with van der Waals surface area (Å²) in [5.74, 6) is 7.57. The first-order valence-corrected chi connectivity index (χ1v) is 14.5. The number of benzene rings is 2. The Morgan fingerprint density at radius 1 is 0.976 bits per heavy atom. The highest BCUT2D eigenvalue weighted by Crippen LogP contribution is 2.34. The van der Waals surface area contributed by atoms with Gasteiger partial charge in [-0.25, -0.2) is 9.97 Å². The van der Waals surface area contributed by atoms with Gasteiger partial charge < -0.3 is 24.9 Å². The lowest BCUT2D eigenvalue weighted by Gasteiger charge is -2.29. The second kappa shape index (κ2) is 11.4. The lowest BCUT2D eigenvalue weighted by atomic mass is 9.91. The van der Waals surface area contributed by atoms with E-state index in [9.17, 15) is 9.59 Å². The zero-order valence-electron chi connectivity index (χ0n) is 23.8. The van der Waals surface area contributed by atoms with E-state index in [4.69, 9.17) is 14.7 Å².